The van der Waals surface area contributed by atoms with Crippen LogP contribution in [0.3, 0.4) is 0 Å². The van der Waals surface area contributed by atoms with Crippen molar-refractivity contribution in [2.24, 2.45) is 5.10 Å². The third kappa shape index (κ3) is 4.89. The van der Waals surface area contributed by atoms with Crippen molar-refractivity contribution in [3.05, 3.63) is 78.2 Å². The fourth-order valence-corrected chi connectivity index (χ4v) is 2.99. The average Bonchev–Trinajstić information content (AvgIpc) is 2.75. The standard InChI is InChI=1S/C19H12Cl2N6O5/c20-11-3-1-9(7-12(11)21)18(29)16(26-25-15(28)5-6-22)17-19(30)24-14-8-10(27(31)32)2-4-13(14)23-17/h1-4,7-8,18,29H,5H2,(H,24,30)(H,25,28)/b26-16-. The predicted molar refractivity (Wildman–Crippen MR) is 115 cm³/mol. The molecule has 1 atom stereocenters. The fourth-order valence-electron chi connectivity index (χ4n) is 2.68. The fraction of sp³-hybridized carbons (Fsp3) is 0.105. The molecule has 0 saturated carbocycles. The molecule has 0 radical (unpaired) electrons. The van der Waals surface area contributed by atoms with Crippen molar-refractivity contribution < 1.29 is 14.8 Å². The van der Waals surface area contributed by atoms with Crippen LogP contribution in [0.25, 0.3) is 11.0 Å². The number of fused-ring (bicyclic) bond motifs is 1. The number of carbonyl (C=O) groups excluding carboxylic acids is 1. The molecule has 0 fully saturated rings. The molecular formula is C19H12Cl2N6O5. The Labute approximate surface area is 189 Å². The molecule has 11 nitrogen and oxygen atoms in total. The number of H-pyrrole nitrogens is 1. The number of halogens is 2. The molecule has 1 amide bonds. The lowest BCUT2D eigenvalue weighted by molar-refractivity contribution is -0.384. The second kappa shape index (κ2) is 9.52. The van der Waals surface area contributed by atoms with E-state index in [-0.39, 0.29) is 43.7 Å². The Hall–Kier alpha value is -3.85. The Bertz CT molecular complexity index is 1360. The highest BCUT2D eigenvalue weighted by Crippen LogP contribution is 2.27. The zero-order valence-electron chi connectivity index (χ0n) is 15.9. The summed E-state index contributed by atoms with van der Waals surface area (Å²) < 4.78 is 0. The van der Waals surface area contributed by atoms with Crippen LogP contribution in [0.5, 0.6) is 0 Å². The molecule has 0 spiro atoms. The number of hydrogen-bond donors (Lipinski definition) is 3. The maximum Gasteiger partial charge on any atom is 0.276 e. The number of aromatic nitrogens is 2. The molecule has 2 aromatic carbocycles. The van der Waals surface area contributed by atoms with Crippen molar-refractivity contribution >= 4 is 51.5 Å². The van der Waals surface area contributed by atoms with Crippen molar-refractivity contribution in [2.75, 3.05) is 0 Å². The Morgan fingerprint density at radius 1 is 1.31 bits per heavy atom. The van der Waals surface area contributed by atoms with Crippen molar-refractivity contribution in [3.63, 3.8) is 0 Å². The van der Waals surface area contributed by atoms with Crippen LogP contribution >= 0.6 is 23.2 Å². The number of hydrogen-bond acceptors (Lipinski definition) is 8. The van der Waals surface area contributed by atoms with Crippen LogP contribution in [0.1, 0.15) is 23.8 Å². The van der Waals surface area contributed by atoms with Crippen LogP contribution in [-0.2, 0) is 4.79 Å². The van der Waals surface area contributed by atoms with Gasteiger partial charge in [0.1, 0.15) is 18.2 Å². The average molecular weight is 475 g/mol. The molecule has 1 aromatic heterocycles. The summed E-state index contributed by atoms with van der Waals surface area (Å²) >= 11 is 11.9. The summed E-state index contributed by atoms with van der Waals surface area (Å²) in [4.78, 5) is 41.3. The molecule has 1 unspecified atom stereocenters. The maximum atomic E-state index is 12.7. The number of aromatic amines is 1. The second-order valence-corrected chi connectivity index (χ2v) is 7.13. The molecule has 0 aliphatic rings. The van der Waals surface area contributed by atoms with E-state index in [9.17, 15) is 24.8 Å². The minimum atomic E-state index is -1.57. The van der Waals surface area contributed by atoms with Crippen molar-refractivity contribution in [1.82, 2.24) is 15.4 Å². The summed E-state index contributed by atoms with van der Waals surface area (Å²) in [5.74, 6) is -0.779. The molecule has 3 aromatic rings. The number of nitriles is 1. The smallest absolute Gasteiger partial charge is 0.276 e. The number of benzene rings is 2. The molecule has 32 heavy (non-hydrogen) atoms. The zero-order chi connectivity index (χ0) is 23.4. The molecule has 3 rings (SSSR count). The first-order valence-electron chi connectivity index (χ1n) is 8.76. The van der Waals surface area contributed by atoms with Crippen LogP contribution in [0, 0.1) is 21.4 Å². The van der Waals surface area contributed by atoms with Crippen molar-refractivity contribution in [1.29, 1.82) is 5.26 Å². The van der Waals surface area contributed by atoms with E-state index >= 15 is 0 Å². The van der Waals surface area contributed by atoms with Gasteiger partial charge in [0.05, 0.1) is 32.1 Å². The van der Waals surface area contributed by atoms with E-state index in [1.807, 2.05) is 0 Å². The van der Waals surface area contributed by atoms with Gasteiger partial charge in [-0.2, -0.15) is 10.4 Å². The van der Waals surface area contributed by atoms with Crippen molar-refractivity contribution in [2.45, 2.75) is 12.5 Å². The lowest BCUT2D eigenvalue weighted by atomic mass is 10.0. The lowest BCUT2D eigenvalue weighted by Gasteiger charge is -2.14. The van der Waals surface area contributed by atoms with Gasteiger partial charge >= 0.3 is 0 Å². The molecular weight excluding hydrogens is 463 g/mol. The number of aliphatic hydroxyl groups is 1. The predicted octanol–water partition coefficient (Wildman–Crippen LogP) is 2.61. The third-order valence-corrected chi connectivity index (χ3v) is 4.93. The second-order valence-electron chi connectivity index (χ2n) is 6.32. The van der Waals surface area contributed by atoms with E-state index in [2.05, 4.69) is 20.5 Å². The minimum absolute atomic E-state index is 0.0878. The largest absolute Gasteiger partial charge is 0.382 e. The first-order chi connectivity index (χ1) is 15.2. The number of nitrogens with zero attached hydrogens (tertiary/aromatic N) is 4. The van der Waals surface area contributed by atoms with E-state index in [1.54, 1.807) is 6.07 Å². The third-order valence-electron chi connectivity index (χ3n) is 4.19. The van der Waals surface area contributed by atoms with Crippen LogP contribution < -0.4 is 11.0 Å². The number of aliphatic hydroxyl groups excluding tert-OH is 1. The van der Waals surface area contributed by atoms with Gasteiger partial charge in [0.25, 0.3) is 17.2 Å². The maximum absolute atomic E-state index is 12.7. The molecule has 0 aliphatic heterocycles. The highest BCUT2D eigenvalue weighted by Gasteiger charge is 2.24. The summed E-state index contributed by atoms with van der Waals surface area (Å²) in [5.41, 5.74) is 0.741. The number of amides is 1. The summed E-state index contributed by atoms with van der Waals surface area (Å²) in [6.07, 6.45) is -2.08. The molecule has 13 heteroatoms. The summed E-state index contributed by atoms with van der Waals surface area (Å²) in [5, 5.41) is 34.6. The normalized spacial score (nSPS) is 12.2. The minimum Gasteiger partial charge on any atom is -0.382 e. The van der Waals surface area contributed by atoms with Gasteiger partial charge in [0.2, 0.25) is 0 Å². The Morgan fingerprint density at radius 3 is 2.72 bits per heavy atom. The van der Waals surface area contributed by atoms with Crippen molar-refractivity contribution in [3.8, 4) is 6.07 Å². The van der Waals surface area contributed by atoms with Gasteiger partial charge < -0.3 is 10.1 Å². The van der Waals surface area contributed by atoms with E-state index in [4.69, 9.17) is 28.5 Å². The van der Waals surface area contributed by atoms with Crippen LogP contribution in [0.4, 0.5) is 5.69 Å². The Morgan fingerprint density at radius 2 is 2.06 bits per heavy atom. The highest BCUT2D eigenvalue weighted by molar-refractivity contribution is 6.42. The van der Waals surface area contributed by atoms with Gasteiger partial charge in [0.15, 0.2) is 5.69 Å². The molecule has 0 bridgehead atoms. The number of carbonyl (C=O) groups is 1. The zero-order valence-corrected chi connectivity index (χ0v) is 17.4. The monoisotopic (exact) mass is 474 g/mol. The molecule has 3 N–H and O–H groups in total. The molecule has 0 aliphatic carbocycles. The first kappa shape index (κ1) is 22.8. The molecule has 1 heterocycles. The number of rotatable bonds is 6. The summed E-state index contributed by atoms with van der Waals surface area (Å²) in [7, 11) is 0. The number of nitro groups is 1. The summed E-state index contributed by atoms with van der Waals surface area (Å²) in [6.45, 7) is 0. The number of nitrogens with one attached hydrogen (secondary N) is 2. The van der Waals surface area contributed by atoms with Gasteiger partial charge in [-0.1, -0.05) is 29.3 Å². The van der Waals surface area contributed by atoms with E-state index in [0.29, 0.717) is 0 Å². The van der Waals surface area contributed by atoms with Gasteiger partial charge in [-0.3, -0.25) is 19.7 Å². The van der Waals surface area contributed by atoms with Gasteiger partial charge in [-0.15, -0.1) is 0 Å². The van der Waals surface area contributed by atoms with Gasteiger partial charge in [-0.05, 0) is 23.8 Å². The molecule has 0 saturated heterocycles. The topological polar surface area (TPSA) is 174 Å². The van der Waals surface area contributed by atoms with Crippen LogP contribution in [-0.4, -0.2) is 31.6 Å². The highest BCUT2D eigenvalue weighted by atomic mass is 35.5. The van der Waals surface area contributed by atoms with E-state index in [1.165, 1.54) is 30.3 Å². The van der Waals surface area contributed by atoms with Crippen LogP contribution in [0.2, 0.25) is 10.0 Å². The number of nitro benzene ring substituents is 1. The number of non-ortho nitro benzene ring substituents is 1. The first-order valence-corrected chi connectivity index (χ1v) is 9.52. The van der Waals surface area contributed by atoms with Gasteiger partial charge in [0, 0.05) is 12.1 Å². The Kier molecular flexibility index (Phi) is 6.79. The quantitative estimate of drug-likeness (QED) is 0.279. The van der Waals surface area contributed by atoms with Crippen LogP contribution in [0.15, 0.2) is 46.3 Å². The number of hydrazone groups is 1. The van der Waals surface area contributed by atoms with E-state index < -0.39 is 28.9 Å². The molecule has 162 valence electrons. The van der Waals surface area contributed by atoms with Gasteiger partial charge in [-0.25, -0.2) is 10.4 Å². The Balaban J connectivity index is 2.14. The summed E-state index contributed by atoms with van der Waals surface area (Å²) in [6, 6.07) is 9.48. The van der Waals surface area contributed by atoms with E-state index in [0.717, 1.165) is 6.07 Å². The SMILES string of the molecule is N#CCC(=O)N/N=C(/c1nc2ccc([N+](=O)[O-])cc2[nH]c1=O)C(O)c1ccc(Cl)c(Cl)c1. The lowest BCUT2D eigenvalue weighted by Crippen LogP contribution is -2.29.